The largest absolute Gasteiger partial charge is 0.493 e. The highest BCUT2D eigenvalue weighted by Crippen LogP contribution is 2.42. The number of aryl methyl sites for hydroxylation is 1. The maximum Gasteiger partial charge on any atom is 0.320 e. The number of nitrogens with zero attached hydrogens (tertiary/aromatic N) is 1. The van der Waals surface area contributed by atoms with Crippen molar-refractivity contribution in [3.63, 3.8) is 0 Å². The summed E-state index contributed by atoms with van der Waals surface area (Å²) in [5.74, 6) is 0.534. The second kappa shape index (κ2) is 8.44. The highest BCUT2D eigenvalue weighted by atomic mass is 16.5. The van der Waals surface area contributed by atoms with Crippen molar-refractivity contribution in [2.45, 2.75) is 38.3 Å². The molecule has 1 fully saturated rings. The number of carbonyl (C=O) groups is 1. The molecule has 5 nitrogen and oxygen atoms in total. The van der Waals surface area contributed by atoms with Crippen LogP contribution in [-0.4, -0.2) is 42.8 Å². The van der Waals surface area contributed by atoms with Crippen LogP contribution in [0.25, 0.3) is 0 Å². The minimum absolute atomic E-state index is 0.212. The molecule has 27 heavy (non-hydrogen) atoms. The highest BCUT2D eigenvalue weighted by Gasteiger charge is 2.36. The van der Waals surface area contributed by atoms with Crippen LogP contribution in [0.3, 0.4) is 0 Å². The maximum atomic E-state index is 12.0. The monoisotopic (exact) mass is 369 g/mol. The van der Waals surface area contributed by atoms with Crippen molar-refractivity contribution in [2.24, 2.45) is 0 Å². The van der Waals surface area contributed by atoms with Crippen molar-refractivity contribution in [1.82, 2.24) is 4.90 Å². The summed E-state index contributed by atoms with van der Waals surface area (Å²) in [6.07, 6.45) is 2.57. The van der Waals surface area contributed by atoms with E-state index in [4.69, 9.17) is 9.47 Å². The Bertz CT molecular complexity index is 805. The lowest BCUT2D eigenvalue weighted by molar-refractivity contribution is -0.145. The standard InChI is InChI=1S/C22H27NO4/c1-15-8-6-9-16(14-15)20(23-13-5-4-11-18(23)22(24)25)17-10-7-12-19(26-2)21(17)27-3/h6-10,12,14,18,20H,4-5,11,13H2,1-3H3,(H,24,25). The Labute approximate surface area is 160 Å². The first-order valence-electron chi connectivity index (χ1n) is 9.32. The van der Waals surface area contributed by atoms with Crippen molar-refractivity contribution in [2.75, 3.05) is 20.8 Å². The molecule has 1 heterocycles. The normalized spacial score (nSPS) is 18.7. The number of aliphatic carboxylic acids is 1. The van der Waals surface area contributed by atoms with E-state index >= 15 is 0 Å². The van der Waals surface area contributed by atoms with Crippen molar-refractivity contribution in [1.29, 1.82) is 0 Å². The fraction of sp³-hybridized carbons (Fsp3) is 0.409. The number of ether oxygens (including phenoxy) is 2. The van der Waals surface area contributed by atoms with Crippen LogP contribution in [0.5, 0.6) is 11.5 Å². The molecule has 0 amide bonds. The smallest absolute Gasteiger partial charge is 0.320 e. The first-order chi connectivity index (χ1) is 13.1. The van der Waals surface area contributed by atoms with Crippen LogP contribution in [0.15, 0.2) is 42.5 Å². The summed E-state index contributed by atoms with van der Waals surface area (Å²) in [6.45, 7) is 2.78. The van der Waals surface area contributed by atoms with Crippen LogP contribution < -0.4 is 9.47 Å². The Hall–Kier alpha value is -2.53. The van der Waals surface area contributed by atoms with Gasteiger partial charge in [0.15, 0.2) is 11.5 Å². The van der Waals surface area contributed by atoms with Gasteiger partial charge in [0.25, 0.3) is 0 Å². The molecule has 1 N–H and O–H groups in total. The quantitative estimate of drug-likeness (QED) is 0.833. The fourth-order valence-electron chi connectivity index (χ4n) is 4.05. The number of benzene rings is 2. The number of para-hydroxylation sites is 1. The first kappa shape index (κ1) is 19.2. The summed E-state index contributed by atoms with van der Waals surface area (Å²) in [5, 5.41) is 9.84. The van der Waals surface area contributed by atoms with Gasteiger partial charge in [-0.3, -0.25) is 9.69 Å². The van der Waals surface area contributed by atoms with Crippen LogP contribution in [0.1, 0.15) is 42.0 Å². The summed E-state index contributed by atoms with van der Waals surface area (Å²) >= 11 is 0. The van der Waals surface area contributed by atoms with Gasteiger partial charge in [0.1, 0.15) is 6.04 Å². The summed E-state index contributed by atoms with van der Waals surface area (Å²) in [4.78, 5) is 14.1. The molecule has 5 heteroatoms. The molecule has 1 saturated heterocycles. The Balaban J connectivity index is 2.18. The molecule has 2 unspecified atom stereocenters. The zero-order valence-electron chi connectivity index (χ0n) is 16.1. The van der Waals surface area contributed by atoms with Gasteiger partial charge in [-0.1, -0.05) is 48.4 Å². The minimum atomic E-state index is -0.769. The lowest BCUT2D eigenvalue weighted by Gasteiger charge is -2.40. The van der Waals surface area contributed by atoms with E-state index in [0.717, 1.165) is 36.1 Å². The lowest BCUT2D eigenvalue weighted by atomic mass is 9.90. The average Bonchev–Trinajstić information content (AvgIpc) is 2.68. The molecule has 0 aliphatic carbocycles. The van der Waals surface area contributed by atoms with E-state index in [1.54, 1.807) is 14.2 Å². The zero-order chi connectivity index (χ0) is 19.4. The Kier molecular flexibility index (Phi) is 6.01. The highest BCUT2D eigenvalue weighted by molar-refractivity contribution is 5.74. The number of piperidine rings is 1. The van der Waals surface area contributed by atoms with E-state index in [0.29, 0.717) is 17.9 Å². The van der Waals surface area contributed by atoms with Gasteiger partial charge < -0.3 is 14.6 Å². The van der Waals surface area contributed by atoms with Gasteiger partial charge >= 0.3 is 5.97 Å². The van der Waals surface area contributed by atoms with Crippen molar-refractivity contribution >= 4 is 5.97 Å². The van der Waals surface area contributed by atoms with Gasteiger partial charge in [-0.25, -0.2) is 0 Å². The third-order valence-corrected chi connectivity index (χ3v) is 5.25. The summed E-state index contributed by atoms with van der Waals surface area (Å²) in [5.41, 5.74) is 3.13. The number of methoxy groups -OCH3 is 2. The summed E-state index contributed by atoms with van der Waals surface area (Å²) in [7, 11) is 3.24. The van der Waals surface area contributed by atoms with Crippen molar-refractivity contribution in [3.05, 3.63) is 59.2 Å². The van der Waals surface area contributed by atoms with Gasteiger partial charge in [-0.2, -0.15) is 0 Å². The van der Waals surface area contributed by atoms with Crippen LogP contribution in [-0.2, 0) is 4.79 Å². The molecule has 1 aliphatic heterocycles. The van der Waals surface area contributed by atoms with E-state index in [1.807, 2.05) is 37.3 Å². The molecule has 0 bridgehead atoms. The Morgan fingerprint density at radius 3 is 2.59 bits per heavy atom. The number of rotatable bonds is 6. The molecule has 0 saturated carbocycles. The third-order valence-electron chi connectivity index (χ3n) is 5.25. The van der Waals surface area contributed by atoms with Gasteiger partial charge in [-0.05, 0) is 37.9 Å². The molecular formula is C22H27NO4. The topological polar surface area (TPSA) is 59.0 Å². The lowest BCUT2D eigenvalue weighted by Crippen LogP contribution is -2.46. The zero-order valence-corrected chi connectivity index (χ0v) is 16.1. The number of carboxylic acid groups (broad SMARTS) is 1. The Morgan fingerprint density at radius 2 is 1.93 bits per heavy atom. The second-order valence-corrected chi connectivity index (χ2v) is 6.99. The van der Waals surface area contributed by atoms with Gasteiger partial charge in [0, 0.05) is 5.56 Å². The van der Waals surface area contributed by atoms with Crippen LogP contribution in [0.4, 0.5) is 0 Å². The van der Waals surface area contributed by atoms with E-state index in [1.165, 1.54) is 0 Å². The minimum Gasteiger partial charge on any atom is -0.493 e. The predicted octanol–water partition coefficient (Wildman–Crippen LogP) is 4.04. The van der Waals surface area contributed by atoms with E-state index in [2.05, 4.69) is 17.0 Å². The third kappa shape index (κ3) is 3.93. The van der Waals surface area contributed by atoms with Gasteiger partial charge in [0.2, 0.25) is 0 Å². The van der Waals surface area contributed by atoms with E-state index in [-0.39, 0.29) is 6.04 Å². The van der Waals surface area contributed by atoms with Crippen molar-refractivity contribution < 1.29 is 19.4 Å². The SMILES string of the molecule is COc1cccc(C(c2cccc(C)c2)N2CCCCC2C(=O)O)c1OC. The molecular weight excluding hydrogens is 342 g/mol. The molecule has 2 aromatic carbocycles. The van der Waals surface area contributed by atoms with Gasteiger partial charge in [-0.15, -0.1) is 0 Å². The maximum absolute atomic E-state index is 12.0. The van der Waals surface area contributed by atoms with E-state index < -0.39 is 12.0 Å². The molecule has 2 aromatic rings. The van der Waals surface area contributed by atoms with Crippen LogP contribution in [0.2, 0.25) is 0 Å². The summed E-state index contributed by atoms with van der Waals surface area (Å²) in [6, 6.07) is 13.3. The molecule has 144 valence electrons. The number of likely N-dealkylation sites (tertiary alicyclic amines) is 1. The number of carboxylic acids is 1. The van der Waals surface area contributed by atoms with Gasteiger partial charge in [0.05, 0.1) is 20.3 Å². The Morgan fingerprint density at radius 1 is 1.15 bits per heavy atom. The molecule has 0 aromatic heterocycles. The first-order valence-corrected chi connectivity index (χ1v) is 9.32. The molecule has 3 rings (SSSR count). The summed E-state index contributed by atoms with van der Waals surface area (Å²) < 4.78 is 11.2. The predicted molar refractivity (Wildman–Crippen MR) is 105 cm³/mol. The molecule has 0 radical (unpaired) electrons. The number of hydrogen-bond acceptors (Lipinski definition) is 4. The molecule has 1 aliphatic rings. The average molecular weight is 369 g/mol. The van der Waals surface area contributed by atoms with E-state index in [9.17, 15) is 9.90 Å². The molecule has 2 atom stereocenters. The van der Waals surface area contributed by atoms with Crippen molar-refractivity contribution in [3.8, 4) is 11.5 Å². The fourth-order valence-corrected chi connectivity index (χ4v) is 4.05. The van der Waals surface area contributed by atoms with Crippen LogP contribution in [0, 0.1) is 6.92 Å². The van der Waals surface area contributed by atoms with Crippen LogP contribution >= 0.6 is 0 Å². The second-order valence-electron chi connectivity index (χ2n) is 6.99. The molecule has 0 spiro atoms. The number of hydrogen-bond donors (Lipinski definition) is 1.